The van der Waals surface area contributed by atoms with E-state index in [0.29, 0.717) is 17.1 Å². The van der Waals surface area contributed by atoms with Gasteiger partial charge in [0.15, 0.2) is 0 Å². The van der Waals surface area contributed by atoms with Gasteiger partial charge in [-0.15, -0.1) is 11.3 Å². The Morgan fingerprint density at radius 1 is 1.35 bits per heavy atom. The molecule has 0 aliphatic heterocycles. The van der Waals surface area contributed by atoms with Crippen LogP contribution in [0.3, 0.4) is 0 Å². The molecule has 0 atom stereocenters. The molecular formula is C19H18N4O2S. The number of fused-ring (bicyclic) bond motifs is 3. The first-order valence-electron chi connectivity index (χ1n) is 8.14. The van der Waals surface area contributed by atoms with Gasteiger partial charge in [0, 0.05) is 24.3 Å². The molecule has 1 amide bonds. The SMILES string of the molecule is COc1ccc(CNC(=O)c2sc3c(c(C)cc4nccn43)c2N)cc1. The van der Waals surface area contributed by atoms with Crippen molar-refractivity contribution in [3.8, 4) is 5.75 Å². The average Bonchev–Trinajstić information content (AvgIpc) is 3.24. The van der Waals surface area contributed by atoms with Crippen LogP contribution in [-0.4, -0.2) is 22.4 Å². The number of nitrogen functional groups attached to an aromatic ring is 1. The Hall–Kier alpha value is -3.06. The number of pyridine rings is 1. The van der Waals surface area contributed by atoms with Crippen molar-refractivity contribution in [1.82, 2.24) is 14.7 Å². The van der Waals surface area contributed by atoms with Crippen molar-refractivity contribution >= 4 is 38.8 Å². The van der Waals surface area contributed by atoms with E-state index in [1.807, 2.05) is 47.9 Å². The van der Waals surface area contributed by atoms with E-state index < -0.39 is 0 Å². The number of thiophene rings is 1. The minimum Gasteiger partial charge on any atom is -0.497 e. The number of carbonyl (C=O) groups is 1. The molecule has 3 heterocycles. The van der Waals surface area contributed by atoms with Crippen LogP contribution in [0.25, 0.3) is 15.9 Å². The molecule has 132 valence electrons. The molecule has 0 spiro atoms. The summed E-state index contributed by atoms with van der Waals surface area (Å²) in [5, 5.41) is 3.85. The van der Waals surface area contributed by atoms with Gasteiger partial charge >= 0.3 is 0 Å². The molecule has 0 fully saturated rings. The Labute approximate surface area is 154 Å². The standard InChI is InChI=1S/C19H18N4O2S/c1-11-9-14-21-7-8-23(14)19-15(11)16(20)17(26-19)18(24)22-10-12-3-5-13(25-2)6-4-12/h3-9H,10,20H2,1-2H3,(H,22,24). The molecule has 6 nitrogen and oxygen atoms in total. The van der Waals surface area contributed by atoms with E-state index in [-0.39, 0.29) is 5.91 Å². The van der Waals surface area contributed by atoms with E-state index in [2.05, 4.69) is 10.3 Å². The van der Waals surface area contributed by atoms with Crippen LogP contribution in [0.1, 0.15) is 20.8 Å². The second-order valence-corrected chi connectivity index (χ2v) is 7.04. The number of nitrogens with one attached hydrogen (secondary N) is 1. The van der Waals surface area contributed by atoms with Gasteiger partial charge in [-0.1, -0.05) is 12.1 Å². The first-order chi connectivity index (χ1) is 12.6. The Morgan fingerprint density at radius 3 is 2.85 bits per heavy atom. The van der Waals surface area contributed by atoms with Crippen LogP contribution in [0.4, 0.5) is 5.69 Å². The third-order valence-electron chi connectivity index (χ3n) is 4.37. The summed E-state index contributed by atoms with van der Waals surface area (Å²) in [4.78, 5) is 18.5. The normalized spacial score (nSPS) is 11.2. The summed E-state index contributed by atoms with van der Waals surface area (Å²) in [7, 11) is 1.63. The number of imidazole rings is 1. The molecule has 0 saturated carbocycles. The lowest BCUT2D eigenvalue weighted by Gasteiger charge is -2.06. The fourth-order valence-electron chi connectivity index (χ4n) is 3.02. The third kappa shape index (κ3) is 2.66. The minimum absolute atomic E-state index is 0.174. The smallest absolute Gasteiger partial charge is 0.263 e. The molecule has 0 radical (unpaired) electrons. The molecule has 3 aromatic heterocycles. The van der Waals surface area contributed by atoms with Gasteiger partial charge in [0.2, 0.25) is 0 Å². The highest BCUT2D eigenvalue weighted by Crippen LogP contribution is 2.36. The van der Waals surface area contributed by atoms with Crippen molar-refractivity contribution in [2.24, 2.45) is 0 Å². The Balaban J connectivity index is 1.64. The van der Waals surface area contributed by atoms with Crippen molar-refractivity contribution in [2.75, 3.05) is 12.8 Å². The van der Waals surface area contributed by atoms with Crippen molar-refractivity contribution in [3.63, 3.8) is 0 Å². The van der Waals surface area contributed by atoms with Crippen LogP contribution in [0.5, 0.6) is 5.75 Å². The molecule has 1 aromatic carbocycles. The van der Waals surface area contributed by atoms with E-state index in [9.17, 15) is 4.79 Å². The zero-order valence-corrected chi connectivity index (χ0v) is 15.3. The lowest BCUT2D eigenvalue weighted by molar-refractivity contribution is 0.0956. The van der Waals surface area contributed by atoms with Crippen LogP contribution < -0.4 is 15.8 Å². The molecular weight excluding hydrogens is 348 g/mol. The van der Waals surface area contributed by atoms with Gasteiger partial charge in [-0.3, -0.25) is 9.20 Å². The fourth-order valence-corrected chi connectivity index (χ4v) is 4.21. The minimum atomic E-state index is -0.174. The summed E-state index contributed by atoms with van der Waals surface area (Å²) in [6, 6.07) is 9.56. The van der Waals surface area contributed by atoms with Crippen LogP contribution in [0, 0.1) is 6.92 Å². The number of amides is 1. The number of nitrogens with two attached hydrogens (primary N) is 1. The predicted octanol–water partition coefficient (Wildman–Crippen LogP) is 3.38. The van der Waals surface area contributed by atoms with Crippen molar-refractivity contribution < 1.29 is 9.53 Å². The molecule has 7 heteroatoms. The quantitative estimate of drug-likeness (QED) is 0.580. The first kappa shape index (κ1) is 16.4. The molecule has 4 aromatic rings. The highest BCUT2D eigenvalue weighted by Gasteiger charge is 2.19. The van der Waals surface area contributed by atoms with Gasteiger partial charge in [-0.05, 0) is 36.2 Å². The van der Waals surface area contributed by atoms with Crippen LogP contribution in [0.15, 0.2) is 42.7 Å². The van der Waals surface area contributed by atoms with E-state index >= 15 is 0 Å². The molecule has 0 aliphatic rings. The number of carbonyl (C=O) groups excluding carboxylic acids is 1. The van der Waals surface area contributed by atoms with Gasteiger partial charge in [0.05, 0.1) is 12.8 Å². The summed E-state index contributed by atoms with van der Waals surface area (Å²) >= 11 is 1.39. The van der Waals surface area contributed by atoms with Gasteiger partial charge < -0.3 is 15.8 Å². The Kier molecular flexibility index (Phi) is 4.00. The lowest BCUT2D eigenvalue weighted by Crippen LogP contribution is -2.22. The number of nitrogens with zero attached hydrogens (tertiary/aromatic N) is 2. The molecule has 0 unspecified atom stereocenters. The number of aromatic nitrogens is 2. The number of rotatable bonds is 4. The second-order valence-electron chi connectivity index (χ2n) is 6.04. The summed E-state index contributed by atoms with van der Waals surface area (Å²) in [6.45, 7) is 2.41. The largest absolute Gasteiger partial charge is 0.497 e. The molecule has 26 heavy (non-hydrogen) atoms. The number of methoxy groups -OCH3 is 1. The molecule has 4 rings (SSSR count). The van der Waals surface area contributed by atoms with Crippen LogP contribution in [-0.2, 0) is 6.54 Å². The highest BCUT2D eigenvalue weighted by molar-refractivity contribution is 7.21. The first-order valence-corrected chi connectivity index (χ1v) is 8.96. The molecule has 3 N–H and O–H groups in total. The zero-order valence-electron chi connectivity index (χ0n) is 14.4. The summed E-state index contributed by atoms with van der Waals surface area (Å²) < 4.78 is 7.11. The second kappa shape index (κ2) is 6.34. The van der Waals surface area contributed by atoms with Crippen LogP contribution in [0.2, 0.25) is 0 Å². The van der Waals surface area contributed by atoms with Gasteiger partial charge in [0.1, 0.15) is 21.1 Å². The van der Waals surface area contributed by atoms with Crippen molar-refractivity contribution in [3.05, 3.63) is 58.7 Å². The summed E-state index contributed by atoms with van der Waals surface area (Å²) in [6.07, 6.45) is 3.62. The Morgan fingerprint density at radius 2 is 2.12 bits per heavy atom. The van der Waals surface area contributed by atoms with E-state index in [4.69, 9.17) is 10.5 Å². The van der Waals surface area contributed by atoms with Crippen molar-refractivity contribution in [2.45, 2.75) is 13.5 Å². The molecule has 0 aliphatic carbocycles. The number of anilines is 1. The highest BCUT2D eigenvalue weighted by atomic mass is 32.1. The molecule has 0 saturated heterocycles. The predicted molar refractivity (Wildman–Crippen MR) is 104 cm³/mol. The maximum absolute atomic E-state index is 12.7. The van der Waals surface area contributed by atoms with Gasteiger partial charge in [-0.2, -0.15) is 0 Å². The topological polar surface area (TPSA) is 81.6 Å². The summed E-state index contributed by atoms with van der Waals surface area (Å²) in [5.41, 5.74) is 9.68. The monoisotopic (exact) mass is 366 g/mol. The number of benzene rings is 1. The van der Waals surface area contributed by atoms with Crippen molar-refractivity contribution in [1.29, 1.82) is 0 Å². The Bertz CT molecular complexity index is 1110. The van der Waals surface area contributed by atoms with E-state index in [0.717, 1.165) is 32.7 Å². The lowest BCUT2D eigenvalue weighted by atomic mass is 10.1. The van der Waals surface area contributed by atoms with E-state index in [1.54, 1.807) is 13.3 Å². The maximum atomic E-state index is 12.7. The number of hydrogen-bond donors (Lipinski definition) is 2. The maximum Gasteiger partial charge on any atom is 0.263 e. The third-order valence-corrected chi connectivity index (χ3v) is 5.58. The number of aryl methyl sites for hydroxylation is 1. The molecule has 0 bridgehead atoms. The van der Waals surface area contributed by atoms with Crippen LogP contribution >= 0.6 is 11.3 Å². The number of hydrogen-bond acceptors (Lipinski definition) is 5. The zero-order chi connectivity index (χ0) is 18.3. The average molecular weight is 366 g/mol. The number of ether oxygens (including phenoxy) is 1. The van der Waals surface area contributed by atoms with Gasteiger partial charge in [-0.25, -0.2) is 4.98 Å². The van der Waals surface area contributed by atoms with Gasteiger partial charge in [0.25, 0.3) is 5.91 Å². The van der Waals surface area contributed by atoms with E-state index in [1.165, 1.54) is 11.3 Å². The summed E-state index contributed by atoms with van der Waals surface area (Å²) in [5.74, 6) is 0.612. The fraction of sp³-hybridized carbons (Fsp3) is 0.158.